The van der Waals surface area contributed by atoms with Crippen molar-refractivity contribution >= 4 is 47.2 Å². The fourth-order valence-electron chi connectivity index (χ4n) is 3.62. The molecule has 0 spiro atoms. The molecule has 3 rings (SSSR count). The number of anilines is 2. The topological polar surface area (TPSA) is 98.0 Å². The van der Waals surface area contributed by atoms with Gasteiger partial charge in [-0.15, -0.1) is 24.0 Å². The van der Waals surface area contributed by atoms with Gasteiger partial charge in [-0.05, 0) is 42.7 Å². The monoisotopic (exact) mass is 538 g/mol. The van der Waals surface area contributed by atoms with Crippen LogP contribution >= 0.6 is 24.0 Å². The van der Waals surface area contributed by atoms with Crippen LogP contribution in [0.15, 0.2) is 47.5 Å². The summed E-state index contributed by atoms with van der Waals surface area (Å²) < 4.78 is 10.6. The van der Waals surface area contributed by atoms with E-state index in [0.29, 0.717) is 23.7 Å². The van der Waals surface area contributed by atoms with E-state index in [1.54, 1.807) is 26.4 Å². The summed E-state index contributed by atoms with van der Waals surface area (Å²) in [5.74, 6) is 1.83. The Kier molecular flexibility index (Phi) is 9.90. The molecule has 0 aromatic heterocycles. The number of aliphatic imine (C=N–C) groups is 1. The molecule has 0 unspecified atom stereocenters. The summed E-state index contributed by atoms with van der Waals surface area (Å²) in [6.07, 6.45) is 5.46. The van der Waals surface area contributed by atoms with Crippen LogP contribution in [0.5, 0.6) is 11.5 Å². The lowest BCUT2D eigenvalue weighted by Gasteiger charge is -2.20. The van der Waals surface area contributed by atoms with Gasteiger partial charge in [0.25, 0.3) is 0 Å². The van der Waals surface area contributed by atoms with Crippen LogP contribution in [0.1, 0.15) is 37.7 Å². The highest BCUT2D eigenvalue weighted by molar-refractivity contribution is 14.0. The van der Waals surface area contributed by atoms with Crippen molar-refractivity contribution < 1.29 is 14.3 Å². The number of methoxy groups -OCH3 is 2. The SMILES string of the molecule is COc1ccc(OC)c(NC(N)=NCc2cccc(NC(=O)C3CCCCC3)c2)c1.I. The highest BCUT2D eigenvalue weighted by Crippen LogP contribution is 2.29. The Morgan fingerprint density at radius 3 is 2.55 bits per heavy atom. The van der Waals surface area contributed by atoms with Gasteiger partial charge >= 0.3 is 0 Å². The number of guanidine groups is 1. The molecule has 168 valence electrons. The molecule has 2 aromatic carbocycles. The van der Waals surface area contributed by atoms with Gasteiger partial charge in [-0.1, -0.05) is 31.4 Å². The third-order valence-electron chi connectivity index (χ3n) is 5.27. The molecule has 0 atom stereocenters. The number of benzene rings is 2. The van der Waals surface area contributed by atoms with Crippen molar-refractivity contribution in [2.45, 2.75) is 38.6 Å². The molecule has 2 aromatic rings. The second-order valence-corrected chi connectivity index (χ2v) is 7.42. The lowest BCUT2D eigenvalue weighted by Crippen LogP contribution is -2.24. The predicted octanol–water partition coefficient (Wildman–Crippen LogP) is 4.77. The highest BCUT2D eigenvalue weighted by atomic mass is 127. The van der Waals surface area contributed by atoms with Crippen LogP contribution in [-0.2, 0) is 11.3 Å². The second-order valence-electron chi connectivity index (χ2n) is 7.42. The molecule has 0 bridgehead atoms. The standard InChI is InChI=1S/C23H30N4O3.HI/c1-29-19-11-12-21(30-2)20(14-19)27-23(24)25-15-16-7-6-10-18(13-16)26-22(28)17-8-4-3-5-9-17;/h6-7,10-14,17H,3-5,8-9,15H2,1-2H3,(H,26,28)(H3,24,25,27);1H. The number of halogens is 1. The minimum absolute atomic E-state index is 0. The highest BCUT2D eigenvalue weighted by Gasteiger charge is 2.21. The molecule has 31 heavy (non-hydrogen) atoms. The Morgan fingerprint density at radius 1 is 1.06 bits per heavy atom. The number of ether oxygens (including phenoxy) is 2. The number of nitrogens with two attached hydrogens (primary N) is 1. The van der Waals surface area contributed by atoms with Crippen LogP contribution in [-0.4, -0.2) is 26.1 Å². The van der Waals surface area contributed by atoms with Gasteiger partial charge in [-0.25, -0.2) is 4.99 Å². The molecule has 1 aliphatic rings. The lowest BCUT2D eigenvalue weighted by molar-refractivity contribution is -0.120. The molecule has 1 fully saturated rings. The minimum Gasteiger partial charge on any atom is -0.497 e. The lowest BCUT2D eigenvalue weighted by atomic mass is 9.88. The zero-order valence-corrected chi connectivity index (χ0v) is 20.3. The molecule has 4 N–H and O–H groups in total. The number of nitrogens with zero attached hydrogens (tertiary/aromatic N) is 1. The Balaban J connectivity index is 0.00000341. The molecule has 1 aliphatic carbocycles. The van der Waals surface area contributed by atoms with Crippen molar-refractivity contribution in [2.75, 3.05) is 24.9 Å². The van der Waals surface area contributed by atoms with Gasteiger partial charge in [0.05, 0.1) is 26.5 Å². The number of carbonyl (C=O) groups excluding carboxylic acids is 1. The van der Waals surface area contributed by atoms with E-state index in [0.717, 1.165) is 36.9 Å². The first kappa shape index (κ1) is 24.8. The number of hydrogen-bond donors (Lipinski definition) is 3. The first-order chi connectivity index (χ1) is 14.6. The Morgan fingerprint density at radius 2 is 1.84 bits per heavy atom. The van der Waals surface area contributed by atoms with E-state index in [4.69, 9.17) is 15.2 Å². The Hall–Kier alpha value is -2.49. The third-order valence-corrected chi connectivity index (χ3v) is 5.27. The summed E-state index contributed by atoms with van der Waals surface area (Å²) in [6.45, 7) is 0.387. The number of nitrogens with one attached hydrogen (secondary N) is 2. The van der Waals surface area contributed by atoms with Crippen molar-refractivity contribution in [3.8, 4) is 11.5 Å². The van der Waals surface area contributed by atoms with Crippen molar-refractivity contribution in [2.24, 2.45) is 16.6 Å². The zero-order chi connectivity index (χ0) is 21.3. The van der Waals surface area contributed by atoms with E-state index in [1.807, 2.05) is 30.3 Å². The molecular formula is C23H31IN4O3. The number of carbonyl (C=O) groups is 1. The summed E-state index contributed by atoms with van der Waals surface area (Å²) in [4.78, 5) is 16.9. The molecule has 0 heterocycles. The van der Waals surface area contributed by atoms with Gasteiger partial charge in [-0.2, -0.15) is 0 Å². The maximum atomic E-state index is 12.5. The summed E-state index contributed by atoms with van der Waals surface area (Å²) in [5.41, 5.74) is 8.48. The van der Waals surface area contributed by atoms with Gasteiger partial charge in [0, 0.05) is 17.7 Å². The van der Waals surface area contributed by atoms with Crippen LogP contribution in [0.2, 0.25) is 0 Å². The summed E-state index contributed by atoms with van der Waals surface area (Å²) in [7, 11) is 3.19. The van der Waals surface area contributed by atoms with Crippen molar-refractivity contribution in [3.63, 3.8) is 0 Å². The first-order valence-electron chi connectivity index (χ1n) is 10.3. The fraction of sp³-hybridized carbons (Fsp3) is 0.391. The first-order valence-corrected chi connectivity index (χ1v) is 10.3. The maximum absolute atomic E-state index is 12.5. The molecule has 1 amide bonds. The average molecular weight is 538 g/mol. The quantitative estimate of drug-likeness (QED) is 0.268. The van der Waals surface area contributed by atoms with E-state index < -0.39 is 0 Å². The van der Waals surface area contributed by atoms with E-state index in [-0.39, 0.29) is 41.8 Å². The van der Waals surface area contributed by atoms with E-state index >= 15 is 0 Å². The summed E-state index contributed by atoms with van der Waals surface area (Å²) >= 11 is 0. The van der Waals surface area contributed by atoms with E-state index in [1.165, 1.54) is 6.42 Å². The van der Waals surface area contributed by atoms with Gasteiger partial charge in [0.2, 0.25) is 5.91 Å². The van der Waals surface area contributed by atoms with E-state index in [9.17, 15) is 4.79 Å². The molecular weight excluding hydrogens is 507 g/mol. The van der Waals surface area contributed by atoms with Crippen LogP contribution in [0.3, 0.4) is 0 Å². The molecule has 7 nitrogen and oxygen atoms in total. The Bertz CT molecular complexity index is 898. The van der Waals surface area contributed by atoms with Crippen LogP contribution in [0.4, 0.5) is 11.4 Å². The minimum atomic E-state index is 0. The average Bonchev–Trinajstić information content (AvgIpc) is 2.78. The third kappa shape index (κ3) is 7.30. The smallest absolute Gasteiger partial charge is 0.227 e. The number of amides is 1. The largest absolute Gasteiger partial charge is 0.497 e. The van der Waals surface area contributed by atoms with Gasteiger partial charge in [0.15, 0.2) is 5.96 Å². The number of hydrogen-bond acceptors (Lipinski definition) is 4. The summed E-state index contributed by atoms with van der Waals surface area (Å²) in [5, 5.41) is 6.09. The zero-order valence-electron chi connectivity index (χ0n) is 18.0. The van der Waals surface area contributed by atoms with Crippen molar-refractivity contribution in [1.29, 1.82) is 0 Å². The second kappa shape index (κ2) is 12.4. The molecule has 0 radical (unpaired) electrons. The normalized spacial score (nSPS) is 14.3. The van der Waals surface area contributed by atoms with Crippen molar-refractivity contribution in [1.82, 2.24) is 0 Å². The Labute approximate surface area is 200 Å². The van der Waals surface area contributed by atoms with Gasteiger partial charge in [-0.3, -0.25) is 4.79 Å². The number of rotatable bonds is 7. The van der Waals surface area contributed by atoms with Crippen LogP contribution in [0.25, 0.3) is 0 Å². The van der Waals surface area contributed by atoms with Crippen molar-refractivity contribution in [3.05, 3.63) is 48.0 Å². The van der Waals surface area contributed by atoms with E-state index in [2.05, 4.69) is 15.6 Å². The summed E-state index contributed by atoms with van der Waals surface area (Å²) in [6, 6.07) is 13.1. The predicted molar refractivity (Wildman–Crippen MR) is 136 cm³/mol. The molecule has 0 saturated heterocycles. The molecule has 0 aliphatic heterocycles. The molecule has 8 heteroatoms. The van der Waals surface area contributed by atoms with Crippen LogP contribution < -0.4 is 25.8 Å². The molecule has 1 saturated carbocycles. The fourth-order valence-corrected chi connectivity index (χ4v) is 3.62. The van der Waals surface area contributed by atoms with Gasteiger partial charge < -0.3 is 25.8 Å². The van der Waals surface area contributed by atoms with Gasteiger partial charge in [0.1, 0.15) is 11.5 Å². The maximum Gasteiger partial charge on any atom is 0.227 e. The van der Waals surface area contributed by atoms with Crippen LogP contribution in [0, 0.1) is 5.92 Å².